The zero-order valence-corrected chi connectivity index (χ0v) is 7.74. The number of hydrogen-bond acceptors (Lipinski definition) is 3. The molecule has 0 heterocycles. The van der Waals surface area contributed by atoms with Crippen LogP contribution in [0.3, 0.4) is 0 Å². The maximum Gasteiger partial charge on any atom is 0.402 e. The van der Waals surface area contributed by atoms with Crippen molar-refractivity contribution >= 4 is 10.2 Å². The molecule has 0 fully saturated rings. The number of hydrogen-bond donors (Lipinski definition) is 2. The van der Waals surface area contributed by atoms with Crippen molar-refractivity contribution in [2.24, 2.45) is 0 Å². The van der Waals surface area contributed by atoms with Gasteiger partial charge in [0, 0.05) is 13.0 Å². The summed E-state index contributed by atoms with van der Waals surface area (Å²) >= 11 is 0. The van der Waals surface area contributed by atoms with Crippen LogP contribution < -0.4 is 9.44 Å². The van der Waals surface area contributed by atoms with Gasteiger partial charge in [-0.2, -0.15) is 31.6 Å². The number of nitriles is 1. The van der Waals surface area contributed by atoms with Gasteiger partial charge in [0.1, 0.15) is 6.54 Å². The zero-order valence-electron chi connectivity index (χ0n) is 6.93. The lowest BCUT2D eigenvalue weighted by molar-refractivity contribution is -0.121. The van der Waals surface area contributed by atoms with Crippen LogP contribution in [0.2, 0.25) is 0 Å². The van der Waals surface area contributed by atoms with E-state index in [-0.39, 0.29) is 13.0 Å². The van der Waals surface area contributed by atoms with E-state index in [0.717, 1.165) is 0 Å². The third kappa shape index (κ3) is 7.78. The topological polar surface area (TPSA) is 82.0 Å². The molecule has 0 spiro atoms. The second kappa shape index (κ2) is 5.14. The molecular weight excluding hydrogens is 223 g/mol. The first-order chi connectivity index (χ1) is 6.27. The highest BCUT2D eigenvalue weighted by Gasteiger charge is 2.29. The molecule has 0 bridgehead atoms. The first-order valence-electron chi connectivity index (χ1n) is 3.45. The number of alkyl halides is 3. The van der Waals surface area contributed by atoms with Crippen LogP contribution in [-0.2, 0) is 10.2 Å². The molecule has 82 valence electrons. The van der Waals surface area contributed by atoms with Gasteiger partial charge in [-0.15, -0.1) is 0 Å². The first kappa shape index (κ1) is 13.2. The van der Waals surface area contributed by atoms with Gasteiger partial charge in [-0.05, 0) is 0 Å². The van der Waals surface area contributed by atoms with Gasteiger partial charge < -0.3 is 0 Å². The van der Waals surface area contributed by atoms with Crippen molar-refractivity contribution in [1.82, 2.24) is 9.44 Å². The normalized spacial score (nSPS) is 12.4. The third-order valence-electron chi connectivity index (χ3n) is 0.992. The van der Waals surface area contributed by atoms with Crippen molar-refractivity contribution in [1.29, 1.82) is 5.26 Å². The first-order valence-corrected chi connectivity index (χ1v) is 4.93. The summed E-state index contributed by atoms with van der Waals surface area (Å²) < 4.78 is 59.2. The highest BCUT2D eigenvalue weighted by Crippen LogP contribution is 2.12. The molecule has 0 aliphatic rings. The van der Waals surface area contributed by atoms with E-state index in [0.29, 0.717) is 0 Å². The molecule has 0 aromatic heterocycles. The van der Waals surface area contributed by atoms with E-state index in [2.05, 4.69) is 0 Å². The maximum atomic E-state index is 11.6. The maximum absolute atomic E-state index is 11.6. The Hall–Kier alpha value is -0.850. The van der Waals surface area contributed by atoms with Crippen LogP contribution in [0.15, 0.2) is 0 Å². The molecule has 0 atom stereocenters. The van der Waals surface area contributed by atoms with Crippen molar-refractivity contribution in [3.05, 3.63) is 0 Å². The molecule has 9 heteroatoms. The number of rotatable bonds is 5. The Bertz CT molecular complexity index is 305. The Morgan fingerprint density at radius 2 is 1.86 bits per heavy atom. The Morgan fingerprint density at radius 1 is 1.29 bits per heavy atom. The smallest absolute Gasteiger partial charge is 0.201 e. The molecule has 2 N–H and O–H groups in total. The van der Waals surface area contributed by atoms with Crippen molar-refractivity contribution in [3.63, 3.8) is 0 Å². The summed E-state index contributed by atoms with van der Waals surface area (Å²) in [7, 11) is -4.16. The monoisotopic (exact) mass is 231 g/mol. The van der Waals surface area contributed by atoms with E-state index in [4.69, 9.17) is 5.26 Å². The molecule has 5 nitrogen and oxygen atoms in total. The molecular formula is C5H8F3N3O2S. The van der Waals surface area contributed by atoms with Gasteiger partial charge in [-0.1, -0.05) is 0 Å². The molecule has 0 aromatic rings. The van der Waals surface area contributed by atoms with Crippen LogP contribution in [0, 0.1) is 11.3 Å². The van der Waals surface area contributed by atoms with Gasteiger partial charge in [0.2, 0.25) is 0 Å². The number of nitrogens with zero attached hydrogens (tertiary/aromatic N) is 1. The standard InChI is InChI=1S/C5H8F3N3O2S/c6-5(7,8)4-11-14(12,13)10-3-1-2-9/h10-11H,1,3-4H2. The fourth-order valence-corrected chi connectivity index (χ4v) is 1.30. The van der Waals surface area contributed by atoms with Crippen molar-refractivity contribution in [2.75, 3.05) is 13.1 Å². The van der Waals surface area contributed by atoms with Gasteiger partial charge >= 0.3 is 6.18 Å². The molecule has 0 aliphatic carbocycles. The summed E-state index contributed by atoms with van der Waals surface area (Å²) in [5, 5.41) is 8.04. The number of nitrogens with one attached hydrogen (secondary N) is 2. The third-order valence-corrected chi connectivity index (χ3v) is 2.10. The van der Waals surface area contributed by atoms with Crippen molar-refractivity contribution in [2.45, 2.75) is 12.6 Å². The summed E-state index contributed by atoms with van der Waals surface area (Å²) in [6, 6.07) is 1.64. The predicted octanol–water partition coefficient (Wildman–Crippen LogP) is -0.114. The summed E-state index contributed by atoms with van der Waals surface area (Å²) in [5.74, 6) is 0. The zero-order chi connectivity index (χ0) is 11.2. The van der Waals surface area contributed by atoms with Gasteiger partial charge in [-0.3, -0.25) is 0 Å². The van der Waals surface area contributed by atoms with Crippen LogP contribution in [0.4, 0.5) is 13.2 Å². The lowest BCUT2D eigenvalue weighted by Gasteiger charge is -2.08. The lowest BCUT2D eigenvalue weighted by atomic mass is 10.5. The van der Waals surface area contributed by atoms with Crippen LogP contribution in [0.1, 0.15) is 6.42 Å². The summed E-state index contributed by atoms with van der Waals surface area (Å²) in [6.07, 6.45) is -4.70. The molecule has 14 heavy (non-hydrogen) atoms. The van der Waals surface area contributed by atoms with Gasteiger partial charge in [0.15, 0.2) is 0 Å². The summed E-state index contributed by atoms with van der Waals surface area (Å²) in [4.78, 5) is 0. The largest absolute Gasteiger partial charge is 0.402 e. The van der Waals surface area contributed by atoms with Crippen LogP contribution in [0.5, 0.6) is 0 Å². The SMILES string of the molecule is N#CCCNS(=O)(=O)NCC(F)(F)F. The molecule has 0 aliphatic heterocycles. The molecule has 0 unspecified atom stereocenters. The van der Waals surface area contributed by atoms with Crippen molar-refractivity contribution < 1.29 is 21.6 Å². The van der Waals surface area contributed by atoms with Gasteiger partial charge in [0.05, 0.1) is 6.07 Å². The molecule has 0 amide bonds. The molecule has 0 saturated heterocycles. The Balaban J connectivity index is 3.92. The van der Waals surface area contributed by atoms with Gasteiger partial charge in [0.25, 0.3) is 10.2 Å². The summed E-state index contributed by atoms with van der Waals surface area (Å²) in [6.45, 7) is -1.85. The van der Waals surface area contributed by atoms with E-state index in [1.165, 1.54) is 4.72 Å². The minimum atomic E-state index is -4.59. The quantitative estimate of drug-likeness (QED) is 0.647. The van der Waals surface area contributed by atoms with E-state index in [1.54, 1.807) is 10.8 Å². The minimum absolute atomic E-state index is 0.104. The highest BCUT2D eigenvalue weighted by atomic mass is 32.2. The summed E-state index contributed by atoms with van der Waals surface area (Å²) in [5.41, 5.74) is 0. The highest BCUT2D eigenvalue weighted by molar-refractivity contribution is 7.87. The average Bonchev–Trinajstić information content (AvgIpc) is 2.00. The Morgan fingerprint density at radius 3 is 2.29 bits per heavy atom. The second-order valence-corrected chi connectivity index (χ2v) is 3.83. The Kier molecular flexibility index (Phi) is 4.82. The van der Waals surface area contributed by atoms with E-state index in [9.17, 15) is 21.6 Å². The fourth-order valence-electron chi connectivity index (χ4n) is 0.469. The average molecular weight is 231 g/mol. The van der Waals surface area contributed by atoms with E-state index < -0.39 is 22.9 Å². The molecule has 0 rings (SSSR count). The molecule has 0 saturated carbocycles. The lowest BCUT2D eigenvalue weighted by Crippen LogP contribution is -2.41. The molecule has 0 radical (unpaired) electrons. The van der Waals surface area contributed by atoms with E-state index >= 15 is 0 Å². The molecule has 0 aromatic carbocycles. The second-order valence-electron chi connectivity index (χ2n) is 2.24. The van der Waals surface area contributed by atoms with Crippen LogP contribution in [0.25, 0.3) is 0 Å². The van der Waals surface area contributed by atoms with E-state index in [1.807, 2.05) is 0 Å². The Labute approximate surface area is 79.1 Å². The van der Waals surface area contributed by atoms with Crippen LogP contribution in [-0.4, -0.2) is 27.7 Å². The number of halogens is 3. The van der Waals surface area contributed by atoms with Crippen molar-refractivity contribution in [3.8, 4) is 6.07 Å². The fraction of sp³-hybridized carbons (Fsp3) is 0.800. The minimum Gasteiger partial charge on any atom is -0.201 e. The predicted molar refractivity (Wildman–Crippen MR) is 41.2 cm³/mol. The van der Waals surface area contributed by atoms with Crippen LogP contribution >= 0.6 is 0 Å². The van der Waals surface area contributed by atoms with Gasteiger partial charge in [-0.25, -0.2) is 4.72 Å².